The molecule has 0 bridgehead atoms. The summed E-state index contributed by atoms with van der Waals surface area (Å²) in [6.07, 6.45) is 1.14. The Morgan fingerprint density at radius 3 is 2.47 bits per heavy atom. The van der Waals surface area contributed by atoms with Crippen LogP contribution in [0.4, 0.5) is 11.4 Å². The highest BCUT2D eigenvalue weighted by atomic mass is 79.9. The average Bonchev–Trinajstić information content (AvgIpc) is 2.25. The molecule has 0 heterocycles. The molecule has 8 heteroatoms. The van der Waals surface area contributed by atoms with E-state index >= 15 is 0 Å². The lowest BCUT2D eigenvalue weighted by Gasteiger charge is -2.23. The van der Waals surface area contributed by atoms with E-state index in [4.69, 9.17) is 0 Å². The second-order valence-corrected chi connectivity index (χ2v) is 8.37. The molecule has 0 unspecified atom stereocenters. The van der Waals surface area contributed by atoms with Crippen molar-refractivity contribution in [1.29, 1.82) is 0 Å². The van der Waals surface area contributed by atoms with Gasteiger partial charge in [0.15, 0.2) is 9.84 Å². The number of benzene rings is 1. The van der Waals surface area contributed by atoms with Gasteiger partial charge in [0.2, 0.25) is 0 Å². The van der Waals surface area contributed by atoms with E-state index < -0.39 is 19.5 Å². The predicted molar refractivity (Wildman–Crippen MR) is 78.2 cm³/mol. The highest BCUT2D eigenvalue weighted by Gasteiger charge is 2.30. The van der Waals surface area contributed by atoms with Crippen molar-refractivity contribution >= 4 is 37.1 Å². The molecule has 0 aliphatic rings. The Bertz CT molecular complexity index is 599. The maximum Gasteiger partial charge on any atom is 0.293 e. The molecule has 1 aromatic rings. The van der Waals surface area contributed by atoms with Crippen LogP contribution < -0.4 is 5.32 Å². The smallest absolute Gasteiger partial charge is 0.293 e. The minimum atomic E-state index is -3.26. The lowest BCUT2D eigenvalue weighted by atomic mass is 10.2. The fourth-order valence-corrected chi connectivity index (χ4v) is 1.93. The van der Waals surface area contributed by atoms with Crippen LogP contribution in [0.15, 0.2) is 22.7 Å². The Morgan fingerprint density at radius 2 is 2.00 bits per heavy atom. The lowest BCUT2D eigenvalue weighted by Crippen LogP contribution is -2.38. The quantitative estimate of drug-likeness (QED) is 0.651. The summed E-state index contributed by atoms with van der Waals surface area (Å²) in [5.41, 5.74) is 0.198. The number of anilines is 1. The zero-order valence-electron chi connectivity index (χ0n) is 10.8. The number of nitro benzene ring substituents is 1. The molecule has 0 spiro atoms. The van der Waals surface area contributed by atoms with Gasteiger partial charge in [-0.3, -0.25) is 10.1 Å². The summed E-state index contributed by atoms with van der Waals surface area (Å²) in [6.45, 7) is 3.23. The van der Waals surface area contributed by atoms with Crippen molar-refractivity contribution in [3.63, 3.8) is 0 Å². The molecule has 1 N–H and O–H groups in total. The number of hydrogen-bond donors (Lipinski definition) is 1. The van der Waals surface area contributed by atoms with Gasteiger partial charge in [0.1, 0.15) is 5.69 Å². The van der Waals surface area contributed by atoms with Crippen molar-refractivity contribution in [1.82, 2.24) is 0 Å². The number of hydrogen-bond acceptors (Lipinski definition) is 5. The van der Waals surface area contributed by atoms with Crippen LogP contribution in [-0.4, -0.2) is 30.9 Å². The van der Waals surface area contributed by atoms with Gasteiger partial charge in [-0.05, 0) is 26.0 Å². The van der Waals surface area contributed by atoms with Crippen LogP contribution in [0.5, 0.6) is 0 Å². The monoisotopic (exact) mass is 350 g/mol. The molecule has 0 aromatic heterocycles. The van der Waals surface area contributed by atoms with E-state index in [1.54, 1.807) is 26.0 Å². The van der Waals surface area contributed by atoms with E-state index in [0.29, 0.717) is 10.2 Å². The third kappa shape index (κ3) is 3.90. The van der Waals surface area contributed by atoms with E-state index in [1.165, 1.54) is 6.07 Å². The SMILES string of the molecule is CC(C)(CNc1ccc(Br)cc1[N+](=O)[O-])S(C)(=O)=O. The summed E-state index contributed by atoms with van der Waals surface area (Å²) in [5, 5.41) is 13.7. The first-order valence-corrected chi connectivity index (χ1v) is 8.10. The molecule has 1 rings (SSSR count). The van der Waals surface area contributed by atoms with E-state index in [0.717, 1.165) is 6.26 Å². The molecule has 0 saturated carbocycles. The zero-order valence-corrected chi connectivity index (χ0v) is 13.2. The molecule has 0 aliphatic heterocycles. The Morgan fingerprint density at radius 1 is 1.42 bits per heavy atom. The van der Waals surface area contributed by atoms with Crippen LogP contribution in [0, 0.1) is 10.1 Å². The average molecular weight is 351 g/mol. The molecular formula is C11H15BrN2O4S. The molecule has 19 heavy (non-hydrogen) atoms. The van der Waals surface area contributed by atoms with E-state index in [1.807, 2.05) is 0 Å². The van der Waals surface area contributed by atoms with Crippen LogP contribution in [-0.2, 0) is 9.84 Å². The van der Waals surface area contributed by atoms with Crippen molar-refractivity contribution < 1.29 is 13.3 Å². The molecule has 0 radical (unpaired) electrons. The number of nitrogens with one attached hydrogen (secondary N) is 1. The highest BCUT2D eigenvalue weighted by molar-refractivity contribution is 9.10. The number of nitrogens with zero attached hydrogens (tertiary/aromatic N) is 1. The molecular weight excluding hydrogens is 336 g/mol. The summed E-state index contributed by atoms with van der Waals surface area (Å²) in [7, 11) is -3.26. The zero-order chi connectivity index (χ0) is 14.8. The van der Waals surface area contributed by atoms with Gasteiger partial charge in [-0.15, -0.1) is 0 Å². The highest BCUT2D eigenvalue weighted by Crippen LogP contribution is 2.29. The molecule has 106 valence electrons. The van der Waals surface area contributed by atoms with Gasteiger partial charge in [-0.1, -0.05) is 15.9 Å². The van der Waals surface area contributed by atoms with Crippen LogP contribution in [0.2, 0.25) is 0 Å². The first-order valence-electron chi connectivity index (χ1n) is 5.42. The van der Waals surface area contributed by atoms with Gasteiger partial charge in [-0.2, -0.15) is 0 Å². The summed E-state index contributed by atoms with van der Waals surface area (Å²) in [5.74, 6) is 0. The summed E-state index contributed by atoms with van der Waals surface area (Å²) in [6, 6.07) is 4.57. The fourth-order valence-electron chi connectivity index (χ4n) is 1.24. The third-order valence-electron chi connectivity index (χ3n) is 2.86. The van der Waals surface area contributed by atoms with Crippen molar-refractivity contribution in [3.8, 4) is 0 Å². The Kier molecular flexibility index (Phi) is 4.57. The van der Waals surface area contributed by atoms with E-state index in [9.17, 15) is 18.5 Å². The van der Waals surface area contributed by atoms with Gasteiger partial charge in [0, 0.05) is 23.3 Å². The maximum atomic E-state index is 11.6. The van der Waals surface area contributed by atoms with Crippen LogP contribution >= 0.6 is 15.9 Å². The van der Waals surface area contributed by atoms with Crippen LogP contribution in [0.1, 0.15) is 13.8 Å². The molecule has 0 atom stereocenters. The normalized spacial score (nSPS) is 12.2. The van der Waals surface area contributed by atoms with Gasteiger partial charge in [0.25, 0.3) is 5.69 Å². The molecule has 0 saturated heterocycles. The largest absolute Gasteiger partial charge is 0.378 e. The topological polar surface area (TPSA) is 89.3 Å². The van der Waals surface area contributed by atoms with Crippen molar-refractivity contribution in [2.75, 3.05) is 18.1 Å². The Hall–Kier alpha value is -1.15. The molecule has 0 aliphatic carbocycles. The molecule has 1 aromatic carbocycles. The number of nitro groups is 1. The molecule has 0 amide bonds. The Balaban J connectivity index is 2.99. The van der Waals surface area contributed by atoms with Crippen LogP contribution in [0.3, 0.4) is 0 Å². The molecule has 0 fully saturated rings. The van der Waals surface area contributed by atoms with Crippen molar-refractivity contribution in [3.05, 3.63) is 32.8 Å². The second kappa shape index (κ2) is 5.46. The predicted octanol–water partition coefficient (Wildman–Crippen LogP) is 2.59. The van der Waals surface area contributed by atoms with Gasteiger partial charge < -0.3 is 5.32 Å². The third-order valence-corrected chi connectivity index (χ3v) is 5.51. The maximum absolute atomic E-state index is 11.6. The summed E-state index contributed by atoms with van der Waals surface area (Å²) in [4.78, 5) is 10.4. The van der Waals surface area contributed by atoms with Crippen molar-refractivity contribution in [2.24, 2.45) is 0 Å². The molecule has 6 nitrogen and oxygen atoms in total. The number of rotatable bonds is 5. The number of sulfone groups is 1. The second-order valence-electron chi connectivity index (χ2n) is 4.80. The summed E-state index contributed by atoms with van der Waals surface area (Å²) >= 11 is 3.16. The van der Waals surface area contributed by atoms with Gasteiger partial charge in [0.05, 0.1) is 9.67 Å². The van der Waals surface area contributed by atoms with E-state index in [-0.39, 0.29) is 12.2 Å². The van der Waals surface area contributed by atoms with E-state index in [2.05, 4.69) is 21.2 Å². The minimum Gasteiger partial charge on any atom is -0.378 e. The Labute approximate surface area is 120 Å². The van der Waals surface area contributed by atoms with Gasteiger partial charge in [-0.25, -0.2) is 8.42 Å². The standard InChI is InChI=1S/C11H15BrN2O4S/c1-11(2,19(3,17)18)7-13-9-5-4-8(12)6-10(9)14(15)16/h4-6,13H,7H2,1-3H3. The first-order chi connectivity index (χ1) is 8.54. The van der Waals surface area contributed by atoms with Gasteiger partial charge >= 0.3 is 0 Å². The first kappa shape index (κ1) is 15.9. The number of halogens is 1. The minimum absolute atomic E-state index is 0.0916. The summed E-state index contributed by atoms with van der Waals surface area (Å²) < 4.78 is 22.7. The fraction of sp³-hybridized carbons (Fsp3) is 0.455. The van der Waals surface area contributed by atoms with Crippen LogP contribution in [0.25, 0.3) is 0 Å². The van der Waals surface area contributed by atoms with Crippen molar-refractivity contribution in [2.45, 2.75) is 18.6 Å². The lowest BCUT2D eigenvalue weighted by molar-refractivity contribution is -0.384.